The Kier molecular flexibility index (Phi) is 4.74. The normalized spacial score (nSPS) is 18.2. The molecular formula is C14H18N2O5. The average Bonchev–Trinajstić information content (AvgIpc) is 2.47. The summed E-state index contributed by atoms with van der Waals surface area (Å²) in [6.07, 6.45) is 3.05. The second kappa shape index (κ2) is 6.53. The van der Waals surface area contributed by atoms with Crippen molar-refractivity contribution in [3.63, 3.8) is 0 Å². The number of anilines is 1. The highest BCUT2D eigenvalue weighted by molar-refractivity contribution is 5.95. The third-order valence-electron chi connectivity index (χ3n) is 3.59. The summed E-state index contributed by atoms with van der Waals surface area (Å²) in [5.74, 6) is -1.30. The minimum absolute atomic E-state index is 0.0249. The maximum Gasteiger partial charge on any atom is 0.342 e. The van der Waals surface area contributed by atoms with E-state index >= 15 is 0 Å². The molecule has 114 valence electrons. The Balaban J connectivity index is 2.27. The fourth-order valence-electron chi connectivity index (χ4n) is 2.56. The molecule has 0 amide bonds. The minimum Gasteiger partial charge on any atom is -0.477 e. The highest BCUT2D eigenvalue weighted by Gasteiger charge is 2.27. The fraction of sp³-hybridized carbons (Fsp3) is 0.500. The maximum atomic E-state index is 11.2. The Labute approximate surface area is 122 Å². The Morgan fingerprint density at radius 2 is 2.29 bits per heavy atom. The smallest absolute Gasteiger partial charge is 0.342 e. The quantitative estimate of drug-likeness (QED) is 0.661. The molecule has 0 saturated carbocycles. The van der Waals surface area contributed by atoms with Crippen molar-refractivity contribution in [2.24, 2.45) is 0 Å². The van der Waals surface area contributed by atoms with Crippen molar-refractivity contribution in [3.8, 4) is 0 Å². The lowest BCUT2D eigenvalue weighted by Gasteiger charge is -2.28. The van der Waals surface area contributed by atoms with E-state index < -0.39 is 10.9 Å². The molecule has 1 aliphatic rings. The number of nitro benzene ring substituents is 1. The van der Waals surface area contributed by atoms with Crippen LogP contribution < -0.4 is 4.90 Å². The van der Waals surface area contributed by atoms with Crippen LogP contribution in [0.1, 0.15) is 29.6 Å². The van der Waals surface area contributed by atoms with E-state index in [9.17, 15) is 14.9 Å². The van der Waals surface area contributed by atoms with E-state index in [2.05, 4.69) is 0 Å². The van der Waals surface area contributed by atoms with Crippen LogP contribution in [0.25, 0.3) is 0 Å². The minimum atomic E-state index is -1.30. The first-order chi connectivity index (χ1) is 10.0. The molecule has 1 aromatic rings. The first-order valence-electron chi connectivity index (χ1n) is 6.84. The van der Waals surface area contributed by atoms with Gasteiger partial charge in [0.15, 0.2) is 0 Å². The predicted molar refractivity (Wildman–Crippen MR) is 76.9 cm³/mol. The van der Waals surface area contributed by atoms with Crippen molar-refractivity contribution in [2.75, 3.05) is 25.1 Å². The van der Waals surface area contributed by atoms with Crippen LogP contribution in [0.15, 0.2) is 18.2 Å². The van der Waals surface area contributed by atoms with Gasteiger partial charge in [0.2, 0.25) is 0 Å². The summed E-state index contributed by atoms with van der Waals surface area (Å²) in [4.78, 5) is 23.4. The van der Waals surface area contributed by atoms with Gasteiger partial charge in [0.1, 0.15) is 11.3 Å². The first-order valence-corrected chi connectivity index (χ1v) is 6.84. The molecule has 1 N–H and O–H groups in total. The number of nitrogens with zero attached hydrogens (tertiary/aromatic N) is 2. The number of hydrogen-bond donors (Lipinski definition) is 1. The van der Waals surface area contributed by atoms with E-state index in [-0.39, 0.29) is 17.4 Å². The highest BCUT2D eigenvalue weighted by atomic mass is 16.6. The standard InChI is InChI=1S/C14H18N2O5/c1-15(9-10-5-2-3-8-21-10)12-7-4-6-11(14(17)18)13(12)16(19)20/h4,6-7,10H,2-3,5,8-9H2,1H3,(H,17,18). The Morgan fingerprint density at radius 3 is 2.86 bits per heavy atom. The Bertz CT molecular complexity index is 540. The van der Waals surface area contributed by atoms with E-state index in [1.54, 1.807) is 18.0 Å². The van der Waals surface area contributed by atoms with Gasteiger partial charge in [0.25, 0.3) is 0 Å². The van der Waals surface area contributed by atoms with Crippen molar-refractivity contribution >= 4 is 17.3 Å². The molecule has 0 aliphatic carbocycles. The summed E-state index contributed by atoms with van der Waals surface area (Å²) in [5.41, 5.74) is -0.369. The number of para-hydroxylation sites is 1. The number of carboxylic acids is 1. The van der Waals surface area contributed by atoms with E-state index in [1.165, 1.54) is 12.1 Å². The number of nitro groups is 1. The summed E-state index contributed by atoms with van der Waals surface area (Å²) in [5, 5.41) is 20.3. The van der Waals surface area contributed by atoms with Crippen LogP contribution in [0, 0.1) is 10.1 Å². The lowest BCUT2D eigenvalue weighted by Crippen LogP contribution is -2.33. The topological polar surface area (TPSA) is 92.9 Å². The van der Waals surface area contributed by atoms with Crippen LogP contribution >= 0.6 is 0 Å². The zero-order valence-corrected chi connectivity index (χ0v) is 11.8. The number of aromatic carboxylic acids is 1. The van der Waals surface area contributed by atoms with Gasteiger partial charge >= 0.3 is 11.7 Å². The molecule has 7 nitrogen and oxygen atoms in total. The van der Waals surface area contributed by atoms with Crippen LogP contribution in [0.3, 0.4) is 0 Å². The highest BCUT2D eigenvalue weighted by Crippen LogP contribution is 2.31. The van der Waals surface area contributed by atoms with Gasteiger partial charge in [-0.15, -0.1) is 0 Å². The lowest BCUT2D eigenvalue weighted by molar-refractivity contribution is -0.384. The summed E-state index contributed by atoms with van der Waals surface area (Å²) >= 11 is 0. The number of ether oxygens (including phenoxy) is 1. The molecule has 1 saturated heterocycles. The summed E-state index contributed by atoms with van der Waals surface area (Å²) in [6.45, 7) is 1.21. The van der Waals surface area contributed by atoms with Crippen LogP contribution in [-0.2, 0) is 4.74 Å². The van der Waals surface area contributed by atoms with Crippen molar-refractivity contribution in [3.05, 3.63) is 33.9 Å². The monoisotopic (exact) mass is 294 g/mol. The number of likely N-dealkylation sites (N-methyl/N-ethyl adjacent to an activating group) is 1. The van der Waals surface area contributed by atoms with Crippen molar-refractivity contribution in [2.45, 2.75) is 25.4 Å². The van der Waals surface area contributed by atoms with Crippen LogP contribution in [0.4, 0.5) is 11.4 Å². The summed E-state index contributed by atoms with van der Waals surface area (Å²) in [7, 11) is 1.71. The molecule has 1 aliphatic heterocycles. The summed E-state index contributed by atoms with van der Waals surface area (Å²) in [6, 6.07) is 4.33. The van der Waals surface area contributed by atoms with E-state index in [4.69, 9.17) is 9.84 Å². The zero-order valence-electron chi connectivity index (χ0n) is 11.8. The van der Waals surface area contributed by atoms with Gasteiger partial charge < -0.3 is 14.7 Å². The van der Waals surface area contributed by atoms with Crippen molar-refractivity contribution in [1.29, 1.82) is 0 Å². The molecule has 1 atom stereocenters. The van der Waals surface area contributed by atoms with Crippen molar-refractivity contribution < 1.29 is 19.6 Å². The van der Waals surface area contributed by atoms with E-state index in [0.29, 0.717) is 18.8 Å². The zero-order chi connectivity index (χ0) is 15.4. The number of carboxylic acid groups (broad SMARTS) is 1. The molecule has 1 fully saturated rings. The Hall–Kier alpha value is -2.15. The van der Waals surface area contributed by atoms with Gasteiger partial charge in [-0.3, -0.25) is 10.1 Å². The predicted octanol–water partition coefficient (Wildman–Crippen LogP) is 2.30. The van der Waals surface area contributed by atoms with Gasteiger partial charge in [0.05, 0.1) is 11.0 Å². The second-order valence-corrected chi connectivity index (χ2v) is 5.10. The third kappa shape index (κ3) is 3.49. The molecule has 2 rings (SSSR count). The molecule has 21 heavy (non-hydrogen) atoms. The fourth-order valence-corrected chi connectivity index (χ4v) is 2.56. The number of carbonyl (C=O) groups is 1. The Morgan fingerprint density at radius 1 is 1.52 bits per heavy atom. The van der Waals surface area contributed by atoms with Gasteiger partial charge in [-0.05, 0) is 31.4 Å². The molecule has 0 radical (unpaired) electrons. The average molecular weight is 294 g/mol. The maximum absolute atomic E-state index is 11.2. The van der Waals surface area contributed by atoms with Gasteiger partial charge in [0, 0.05) is 20.2 Å². The number of rotatable bonds is 5. The lowest BCUT2D eigenvalue weighted by atomic mass is 10.1. The third-order valence-corrected chi connectivity index (χ3v) is 3.59. The molecule has 1 unspecified atom stereocenters. The molecule has 0 aromatic heterocycles. The SMILES string of the molecule is CN(CC1CCCCO1)c1cccc(C(=O)O)c1[N+](=O)[O-]. The largest absolute Gasteiger partial charge is 0.477 e. The number of benzene rings is 1. The number of hydrogen-bond acceptors (Lipinski definition) is 5. The second-order valence-electron chi connectivity index (χ2n) is 5.10. The van der Waals surface area contributed by atoms with Crippen LogP contribution in [0.5, 0.6) is 0 Å². The van der Waals surface area contributed by atoms with Gasteiger partial charge in [-0.1, -0.05) is 6.07 Å². The molecule has 0 spiro atoms. The van der Waals surface area contributed by atoms with Crippen LogP contribution in [0.2, 0.25) is 0 Å². The van der Waals surface area contributed by atoms with Crippen LogP contribution in [-0.4, -0.2) is 42.3 Å². The van der Waals surface area contributed by atoms with Gasteiger partial charge in [-0.25, -0.2) is 4.79 Å². The first kappa shape index (κ1) is 15.2. The van der Waals surface area contributed by atoms with E-state index in [0.717, 1.165) is 19.3 Å². The van der Waals surface area contributed by atoms with Crippen molar-refractivity contribution in [1.82, 2.24) is 0 Å². The molecule has 7 heteroatoms. The molecule has 1 heterocycles. The molecule has 0 bridgehead atoms. The molecular weight excluding hydrogens is 276 g/mol. The molecule has 1 aromatic carbocycles. The summed E-state index contributed by atoms with van der Waals surface area (Å²) < 4.78 is 5.62. The van der Waals surface area contributed by atoms with E-state index in [1.807, 2.05) is 0 Å². The van der Waals surface area contributed by atoms with Gasteiger partial charge in [-0.2, -0.15) is 0 Å².